The third-order valence-corrected chi connectivity index (χ3v) is 6.28. The van der Waals surface area contributed by atoms with Crippen molar-refractivity contribution >= 4 is 11.2 Å². The Morgan fingerprint density at radius 3 is 2.59 bits per heavy atom. The number of aromatic amines is 1. The predicted molar refractivity (Wildman–Crippen MR) is 126 cm³/mol. The molecule has 0 amide bonds. The van der Waals surface area contributed by atoms with Crippen LogP contribution in [0.5, 0.6) is 11.5 Å². The van der Waals surface area contributed by atoms with Crippen LogP contribution in [0.25, 0.3) is 22.6 Å². The monoisotopic (exact) mass is 460 g/mol. The Balaban J connectivity index is 1.56. The number of fused-ring (bicyclic) bond motifs is 2. The molecule has 4 heterocycles. The lowest BCUT2D eigenvalue weighted by Gasteiger charge is -2.19. The van der Waals surface area contributed by atoms with Gasteiger partial charge in [-0.25, -0.2) is 9.78 Å². The van der Waals surface area contributed by atoms with E-state index in [0.717, 1.165) is 24.0 Å². The minimum Gasteiger partial charge on any atom is -0.486 e. The maximum Gasteiger partial charge on any atom is 0.330 e. The van der Waals surface area contributed by atoms with Crippen LogP contribution in [-0.2, 0) is 17.8 Å². The lowest BCUT2D eigenvalue weighted by atomic mass is 10.1. The number of nitrogens with one attached hydrogen (secondary N) is 1. The van der Waals surface area contributed by atoms with Crippen molar-refractivity contribution in [1.29, 1.82) is 0 Å². The lowest BCUT2D eigenvalue weighted by Crippen LogP contribution is -2.32. The number of nitrogens with zero attached hydrogens (tertiary/aromatic N) is 3. The van der Waals surface area contributed by atoms with Crippen molar-refractivity contribution in [3.05, 3.63) is 74.9 Å². The third-order valence-electron chi connectivity index (χ3n) is 6.28. The topological polar surface area (TPSA) is 100 Å². The van der Waals surface area contributed by atoms with E-state index in [-0.39, 0.29) is 6.10 Å². The summed E-state index contributed by atoms with van der Waals surface area (Å²) < 4.78 is 20.7. The summed E-state index contributed by atoms with van der Waals surface area (Å²) in [5.41, 5.74) is 1.47. The Morgan fingerprint density at radius 1 is 0.971 bits per heavy atom. The Morgan fingerprint density at radius 2 is 1.79 bits per heavy atom. The molecule has 0 radical (unpaired) electrons. The predicted octanol–water partition coefficient (Wildman–Crippen LogP) is 2.55. The summed E-state index contributed by atoms with van der Waals surface area (Å²) in [6.45, 7) is 2.44. The summed E-state index contributed by atoms with van der Waals surface area (Å²) in [6.07, 6.45) is 1.86. The molecule has 2 aromatic heterocycles. The molecule has 1 fully saturated rings. The van der Waals surface area contributed by atoms with E-state index in [9.17, 15) is 9.59 Å². The Labute approximate surface area is 194 Å². The number of H-pyrrole nitrogens is 1. The fourth-order valence-electron chi connectivity index (χ4n) is 4.66. The maximum absolute atomic E-state index is 13.1. The molecule has 2 aliphatic rings. The standard InChI is InChI=1S/C25H24N4O5/c30-24-21-23(29(25(31)27-24)14-16-5-2-1-3-6-16)26-22(28(21)15-18-7-4-10-32-18)17-8-9-19-20(13-17)34-12-11-33-19/h1-3,5-6,8-9,13,18H,4,7,10-12,14-15H2,(H,27,30,31)/t18-/m0/s1. The average molecular weight is 460 g/mol. The fraction of sp³-hybridized carbons (Fsp3) is 0.320. The Kier molecular flexibility index (Phi) is 5.18. The molecule has 34 heavy (non-hydrogen) atoms. The highest BCUT2D eigenvalue weighted by Crippen LogP contribution is 2.35. The number of aromatic nitrogens is 4. The van der Waals surface area contributed by atoms with Crippen molar-refractivity contribution in [3.63, 3.8) is 0 Å². The number of rotatable bonds is 5. The summed E-state index contributed by atoms with van der Waals surface area (Å²) in [5, 5.41) is 0. The van der Waals surface area contributed by atoms with Gasteiger partial charge in [-0.2, -0.15) is 0 Å². The number of hydrogen-bond donors (Lipinski definition) is 1. The summed E-state index contributed by atoms with van der Waals surface area (Å²) in [4.78, 5) is 33.2. The van der Waals surface area contributed by atoms with Crippen molar-refractivity contribution in [2.75, 3.05) is 19.8 Å². The molecule has 9 heteroatoms. The highest BCUT2D eigenvalue weighted by Gasteiger charge is 2.25. The van der Waals surface area contributed by atoms with Crippen LogP contribution < -0.4 is 20.7 Å². The van der Waals surface area contributed by atoms with E-state index < -0.39 is 11.2 Å². The smallest absolute Gasteiger partial charge is 0.330 e. The Bertz CT molecular complexity index is 1460. The van der Waals surface area contributed by atoms with Gasteiger partial charge in [-0.1, -0.05) is 30.3 Å². The zero-order valence-electron chi connectivity index (χ0n) is 18.5. The quantitative estimate of drug-likeness (QED) is 0.491. The number of benzene rings is 2. The summed E-state index contributed by atoms with van der Waals surface area (Å²) in [5.74, 6) is 1.89. The number of ether oxygens (including phenoxy) is 3. The van der Waals surface area contributed by atoms with Crippen molar-refractivity contribution in [1.82, 2.24) is 19.1 Å². The summed E-state index contributed by atoms with van der Waals surface area (Å²) in [6, 6.07) is 15.2. The van der Waals surface area contributed by atoms with Crippen molar-refractivity contribution in [2.45, 2.75) is 32.0 Å². The molecule has 0 aliphatic carbocycles. The fourth-order valence-corrected chi connectivity index (χ4v) is 4.66. The van der Waals surface area contributed by atoms with Gasteiger partial charge in [-0.3, -0.25) is 14.3 Å². The molecule has 1 saturated heterocycles. The zero-order chi connectivity index (χ0) is 23.1. The highest BCUT2D eigenvalue weighted by molar-refractivity contribution is 5.78. The van der Waals surface area contributed by atoms with E-state index in [0.29, 0.717) is 61.4 Å². The second-order valence-electron chi connectivity index (χ2n) is 8.54. The number of imidazole rings is 1. The van der Waals surface area contributed by atoms with Crippen molar-refractivity contribution in [2.24, 2.45) is 0 Å². The van der Waals surface area contributed by atoms with E-state index >= 15 is 0 Å². The first-order valence-electron chi connectivity index (χ1n) is 11.5. The van der Waals surface area contributed by atoms with Crippen LogP contribution in [0.4, 0.5) is 0 Å². The molecule has 0 saturated carbocycles. The average Bonchev–Trinajstić information content (AvgIpc) is 3.51. The van der Waals surface area contributed by atoms with Crippen LogP contribution in [0.3, 0.4) is 0 Å². The SMILES string of the molecule is O=c1[nH]c(=O)n(Cc2ccccc2)c2nc(-c3ccc4c(c3)OCCO4)n(C[C@@H]3CCCO3)c12. The van der Waals surface area contributed by atoms with E-state index in [1.807, 2.05) is 53.1 Å². The van der Waals surface area contributed by atoms with Crippen LogP contribution >= 0.6 is 0 Å². The van der Waals surface area contributed by atoms with Crippen LogP contribution in [0.2, 0.25) is 0 Å². The van der Waals surface area contributed by atoms with Gasteiger partial charge in [0.2, 0.25) is 0 Å². The molecule has 0 unspecified atom stereocenters. The molecule has 4 aromatic rings. The number of hydrogen-bond acceptors (Lipinski definition) is 6. The third kappa shape index (κ3) is 3.67. The van der Waals surface area contributed by atoms with Crippen LogP contribution in [0, 0.1) is 0 Å². The normalized spacial score (nSPS) is 17.4. The minimum absolute atomic E-state index is 0.0257. The molecular weight excluding hydrogens is 436 g/mol. The van der Waals surface area contributed by atoms with Crippen LogP contribution in [-0.4, -0.2) is 45.0 Å². The van der Waals surface area contributed by atoms with Gasteiger partial charge in [0.1, 0.15) is 19.0 Å². The van der Waals surface area contributed by atoms with Gasteiger partial charge in [0, 0.05) is 12.2 Å². The van der Waals surface area contributed by atoms with Crippen molar-refractivity contribution in [3.8, 4) is 22.9 Å². The van der Waals surface area contributed by atoms with Gasteiger partial charge in [-0.15, -0.1) is 0 Å². The molecule has 1 N–H and O–H groups in total. The van der Waals surface area contributed by atoms with Gasteiger partial charge in [0.25, 0.3) is 5.56 Å². The second-order valence-corrected chi connectivity index (χ2v) is 8.54. The molecule has 0 spiro atoms. The van der Waals surface area contributed by atoms with Gasteiger partial charge in [0.05, 0.1) is 19.2 Å². The van der Waals surface area contributed by atoms with Gasteiger partial charge >= 0.3 is 5.69 Å². The molecule has 2 aliphatic heterocycles. The minimum atomic E-state index is -0.489. The maximum atomic E-state index is 13.1. The summed E-state index contributed by atoms with van der Waals surface area (Å²) >= 11 is 0. The molecule has 6 rings (SSSR count). The first kappa shape index (κ1) is 20.7. The molecular formula is C25H24N4O5. The van der Waals surface area contributed by atoms with Gasteiger partial charge in [-0.05, 0) is 36.6 Å². The largest absolute Gasteiger partial charge is 0.486 e. The molecule has 0 bridgehead atoms. The molecule has 9 nitrogen and oxygen atoms in total. The van der Waals surface area contributed by atoms with E-state index in [4.69, 9.17) is 19.2 Å². The first-order valence-corrected chi connectivity index (χ1v) is 11.5. The van der Waals surface area contributed by atoms with E-state index in [1.54, 1.807) is 0 Å². The molecule has 1 atom stereocenters. The van der Waals surface area contributed by atoms with Crippen molar-refractivity contribution < 1.29 is 14.2 Å². The summed E-state index contributed by atoms with van der Waals surface area (Å²) in [7, 11) is 0. The zero-order valence-corrected chi connectivity index (χ0v) is 18.5. The second kappa shape index (κ2) is 8.49. The molecule has 2 aromatic carbocycles. The van der Waals surface area contributed by atoms with E-state index in [1.165, 1.54) is 4.57 Å². The Hall–Kier alpha value is -3.85. The molecule has 174 valence electrons. The highest BCUT2D eigenvalue weighted by atomic mass is 16.6. The first-order chi connectivity index (χ1) is 16.7. The van der Waals surface area contributed by atoms with Crippen LogP contribution in [0.1, 0.15) is 18.4 Å². The van der Waals surface area contributed by atoms with Gasteiger partial charge < -0.3 is 18.8 Å². The van der Waals surface area contributed by atoms with Gasteiger partial charge in [0.15, 0.2) is 22.7 Å². The van der Waals surface area contributed by atoms with E-state index in [2.05, 4.69) is 4.98 Å². The van der Waals surface area contributed by atoms with Crippen LogP contribution in [0.15, 0.2) is 58.1 Å². The lowest BCUT2D eigenvalue weighted by molar-refractivity contribution is 0.0982.